The zero-order valence-electron chi connectivity index (χ0n) is 12.2. The van der Waals surface area contributed by atoms with Gasteiger partial charge in [0.25, 0.3) is 0 Å². The molecule has 21 heavy (non-hydrogen) atoms. The van der Waals surface area contributed by atoms with Crippen LogP contribution in [0.5, 0.6) is 0 Å². The molecule has 1 heterocycles. The summed E-state index contributed by atoms with van der Waals surface area (Å²) in [5.74, 6) is 0.465. The molecule has 114 valence electrons. The van der Waals surface area contributed by atoms with Crippen LogP contribution in [0.1, 0.15) is 20.8 Å². The Labute approximate surface area is 128 Å². The molecule has 1 aromatic carbocycles. The van der Waals surface area contributed by atoms with Crippen molar-refractivity contribution >= 4 is 21.6 Å². The lowest BCUT2D eigenvalue weighted by Crippen LogP contribution is -2.24. The van der Waals surface area contributed by atoms with E-state index in [0.717, 1.165) is 0 Å². The fourth-order valence-electron chi connectivity index (χ4n) is 1.68. The Morgan fingerprint density at radius 2 is 1.86 bits per heavy atom. The van der Waals surface area contributed by atoms with Crippen molar-refractivity contribution in [2.45, 2.75) is 36.4 Å². The zero-order valence-corrected chi connectivity index (χ0v) is 13.9. The van der Waals surface area contributed by atoms with Gasteiger partial charge in [-0.3, -0.25) is 0 Å². The van der Waals surface area contributed by atoms with Gasteiger partial charge in [-0.2, -0.15) is 0 Å². The number of hydrogen-bond donors (Lipinski definition) is 0. The van der Waals surface area contributed by atoms with E-state index >= 15 is 0 Å². The van der Waals surface area contributed by atoms with Gasteiger partial charge < -0.3 is 0 Å². The molecular weight excluding hydrogens is 308 g/mol. The first-order valence-corrected chi connectivity index (χ1v) is 9.14. The molecule has 0 atom stereocenters. The quantitative estimate of drug-likeness (QED) is 0.782. The van der Waals surface area contributed by atoms with Crippen molar-refractivity contribution in [2.75, 3.05) is 11.5 Å². The van der Waals surface area contributed by atoms with Crippen LogP contribution < -0.4 is 0 Å². The lowest BCUT2D eigenvalue weighted by atomic mass is 10.1. The molecule has 0 saturated heterocycles. The maximum atomic E-state index is 12.2. The summed E-state index contributed by atoms with van der Waals surface area (Å²) in [5.41, 5.74) is -0.232. The van der Waals surface area contributed by atoms with E-state index in [1.165, 1.54) is 11.8 Å². The van der Waals surface area contributed by atoms with Crippen LogP contribution in [0.2, 0.25) is 0 Å². The summed E-state index contributed by atoms with van der Waals surface area (Å²) >= 11 is 1.35. The van der Waals surface area contributed by atoms with Crippen LogP contribution in [-0.4, -0.2) is 40.1 Å². The van der Waals surface area contributed by atoms with Gasteiger partial charge in [0.2, 0.25) is 5.16 Å². The van der Waals surface area contributed by atoms with Crippen molar-refractivity contribution in [3.63, 3.8) is 0 Å². The Bertz CT molecular complexity index is 690. The van der Waals surface area contributed by atoms with Crippen molar-refractivity contribution in [3.8, 4) is 0 Å². The molecule has 0 N–H and O–H groups in total. The van der Waals surface area contributed by atoms with Crippen LogP contribution in [0.25, 0.3) is 0 Å². The summed E-state index contributed by atoms with van der Waals surface area (Å²) in [6.45, 7) is 5.98. The molecule has 0 amide bonds. The smallest absolute Gasteiger partial charge is 0.209 e. The largest absolute Gasteiger partial charge is 0.224 e. The number of benzene rings is 1. The number of sulfone groups is 1. The fourth-order valence-corrected chi connectivity index (χ4v) is 4.41. The van der Waals surface area contributed by atoms with E-state index in [9.17, 15) is 8.42 Å². The molecule has 6 nitrogen and oxygen atoms in total. The minimum atomic E-state index is -3.26. The minimum Gasteiger partial charge on any atom is -0.224 e. The molecule has 1 aromatic heterocycles. The standard InChI is InChI=1S/C13H18N4O2S2/c1-13(2,3)17-12(14-15-16-17)20-9-10-21(18,19)11-7-5-4-6-8-11/h4-8H,9-10H2,1-3H3. The molecule has 2 aromatic rings. The lowest BCUT2D eigenvalue weighted by Gasteiger charge is -2.19. The highest BCUT2D eigenvalue weighted by molar-refractivity contribution is 8.00. The average Bonchev–Trinajstić information content (AvgIpc) is 2.88. The molecule has 0 fully saturated rings. The Balaban J connectivity index is 2.01. The summed E-state index contributed by atoms with van der Waals surface area (Å²) in [4.78, 5) is 0.348. The van der Waals surface area contributed by atoms with Gasteiger partial charge in [-0.15, -0.1) is 5.10 Å². The predicted octanol–water partition coefficient (Wildman–Crippen LogP) is 1.99. The van der Waals surface area contributed by atoms with E-state index in [2.05, 4.69) is 15.5 Å². The summed E-state index contributed by atoms with van der Waals surface area (Å²) in [6.07, 6.45) is 0. The van der Waals surface area contributed by atoms with Gasteiger partial charge in [-0.1, -0.05) is 30.0 Å². The first-order chi connectivity index (χ1) is 9.81. The lowest BCUT2D eigenvalue weighted by molar-refractivity contribution is 0.321. The van der Waals surface area contributed by atoms with E-state index in [0.29, 0.717) is 15.8 Å². The Morgan fingerprint density at radius 1 is 1.19 bits per heavy atom. The highest BCUT2D eigenvalue weighted by atomic mass is 32.2. The summed E-state index contributed by atoms with van der Waals surface area (Å²) < 4.78 is 26.0. The van der Waals surface area contributed by atoms with E-state index in [4.69, 9.17) is 0 Å². The van der Waals surface area contributed by atoms with Crippen molar-refractivity contribution in [3.05, 3.63) is 30.3 Å². The van der Waals surface area contributed by atoms with E-state index < -0.39 is 9.84 Å². The Hall–Kier alpha value is -1.41. The van der Waals surface area contributed by atoms with Gasteiger partial charge in [0.15, 0.2) is 9.84 Å². The number of aromatic nitrogens is 4. The summed E-state index contributed by atoms with van der Waals surface area (Å²) in [5, 5.41) is 12.2. The minimum absolute atomic E-state index is 0.0542. The van der Waals surface area contributed by atoms with Gasteiger partial charge in [0.05, 0.1) is 16.2 Å². The summed E-state index contributed by atoms with van der Waals surface area (Å²) in [6, 6.07) is 8.46. The van der Waals surface area contributed by atoms with Gasteiger partial charge in [0, 0.05) is 5.75 Å². The maximum absolute atomic E-state index is 12.2. The van der Waals surface area contributed by atoms with Gasteiger partial charge >= 0.3 is 0 Å². The zero-order chi connectivity index (χ0) is 15.5. The highest BCUT2D eigenvalue weighted by Crippen LogP contribution is 2.22. The molecule has 0 saturated carbocycles. The molecule has 0 aliphatic heterocycles. The fraction of sp³-hybridized carbons (Fsp3) is 0.462. The number of nitrogens with zero attached hydrogens (tertiary/aromatic N) is 4. The molecule has 0 bridgehead atoms. The van der Waals surface area contributed by atoms with Crippen LogP contribution in [-0.2, 0) is 15.4 Å². The Kier molecular flexibility index (Phi) is 4.67. The van der Waals surface area contributed by atoms with E-state index in [1.54, 1.807) is 35.0 Å². The molecule has 0 aliphatic rings. The highest BCUT2D eigenvalue weighted by Gasteiger charge is 2.21. The molecule has 0 spiro atoms. The summed E-state index contributed by atoms with van der Waals surface area (Å²) in [7, 11) is -3.26. The third kappa shape index (κ3) is 4.04. The maximum Gasteiger partial charge on any atom is 0.209 e. The second-order valence-corrected chi connectivity index (χ2v) is 8.70. The van der Waals surface area contributed by atoms with Gasteiger partial charge in [0.1, 0.15) is 0 Å². The van der Waals surface area contributed by atoms with Crippen molar-refractivity contribution in [1.82, 2.24) is 20.2 Å². The Morgan fingerprint density at radius 3 is 2.48 bits per heavy atom. The third-order valence-corrected chi connectivity index (χ3v) is 5.67. The normalized spacial score (nSPS) is 12.5. The third-order valence-electron chi connectivity index (χ3n) is 2.76. The first-order valence-electron chi connectivity index (χ1n) is 6.50. The van der Waals surface area contributed by atoms with Crippen LogP contribution >= 0.6 is 11.8 Å². The van der Waals surface area contributed by atoms with Crippen LogP contribution in [0.3, 0.4) is 0 Å². The number of thioether (sulfide) groups is 1. The number of rotatable bonds is 5. The van der Waals surface area contributed by atoms with Crippen LogP contribution in [0.15, 0.2) is 40.4 Å². The van der Waals surface area contributed by atoms with Gasteiger partial charge in [-0.05, 0) is 43.3 Å². The molecule has 0 unspecified atom stereocenters. The monoisotopic (exact) mass is 326 g/mol. The second-order valence-electron chi connectivity index (χ2n) is 5.52. The van der Waals surface area contributed by atoms with Crippen molar-refractivity contribution in [2.24, 2.45) is 0 Å². The SMILES string of the molecule is CC(C)(C)n1nnnc1SCCS(=O)(=O)c1ccccc1. The van der Waals surface area contributed by atoms with E-state index in [1.807, 2.05) is 20.8 Å². The number of hydrogen-bond acceptors (Lipinski definition) is 6. The van der Waals surface area contributed by atoms with Gasteiger partial charge in [-0.25, -0.2) is 13.1 Å². The molecule has 0 radical (unpaired) electrons. The first kappa shape index (κ1) is 16.0. The van der Waals surface area contributed by atoms with E-state index in [-0.39, 0.29) is 11.3 Å². The molecule has 0 aliphatic carbocycles. The van der Waals surface area contributed by atoms with Crippen molar-refractivity contribution in [1.29, 1.82) is 0 Å². The van der Waals surface area contributed by atoms with Crippen LogP contribution in [0.4, 0.5) is 0 Å². The molecule has 2 rings (SSSR count). The number of tetrazole rings is 1. The van der Waals surface area contributed by atoms with Crippen molar-refractivity contribution < 1.29 is 8.42 Å². The second kappa shape index (κ2) is 6.15. The molecular formula is C13H18N4O2S2. The molecule has 8 heteroatoms. The average molecular weight is 326 g/mol. The van der Waals surface area contributed by atoms with Crippen LogP contribution in [0, 0.1) is 0 Å². The predicted molar refractivity (Wildman–Crippen MR) is 82.0 cm³/mol. The topological polar surface area (TPSA) is 77.7 Å².